The van der Waals surface area contributed by atoms with Gasteiger partial charge in [-0.05, 0) is 31.4 Å². The highest BCUT2D eigenvalue weighted by Crippen LogP contribution is 2.24. The molecule has 5 heteroatoms. The molecular weight excluding hydrogens is 288 g/mol. The molecule has 1 aliphatic rings. The van der Waals surface area contributed by atoms with Gasteiger partial charge in [0.2, 0.25) is 5.88 Å². The van der Waals surface area contributed by atoms with Crippen LogP contribution in [0.1, 0.15) is 17.7 Å². The van der Waals surface area contributed by atoms with Crippen molar-refractivity contribution in [3.63, 3.8) is 0 Å². The van der Waals surface area contributed by atoms with Gasteiger partial charge < -0.3 is 15.0 Å². The van der Waals surface area contributed by atoms with Gasteiger partial charge in [-0.2, -0.15) is 5.10 Å². The number of anilines is 1. The number of nitrogens with one attached hydrogen (secondary N) is 1. The molecule has 0 bridgehead atoms. The zero-order valence-electron chi connectivity index (χ0n) is 14.2. The minimum absolute atomic E-state index is 0.693. The maximum atomic E-state index is 5.45. The average molecular weight is 314 g/mol. The fourth-order valence-electron chi connectivity index (χ4n) is 3.41. The largest absolute Gasteiger partial charge is 0.481 e. The Hall–Kier alpha value is -2.01. The van der Waals surface area contributed by atoms with Crippen LogP contribution in [0.4, 0.5) is 5.69 Å². The van der Waals surface area contributed by atoms with Crippen molar-refractivity contribution in [2.75, 3.05) is 31.6 Å². The minimum atomic E-state index is 0.693. The lowest BCUT2D eigenvalue weighted by molar-refractivity contribution is 0.367. The average Bonchev–Trinajstić information content (AvgIpc) is 3.13. The molecule has 23 heavy (non-hydrogen) atoms. The van der Waals surface area contributed by atoms with Gasteiger partial charge in [0.15, 0.2) is 0 Å². The molecule has 0 radical (unpaired) electrons. The van der Waals surface area contributed by atoms with Crippen LogP contribution in [0.15, 0.2) is 30.3 Å². The van der Waals surface area contributed by atoms with E-state index in [1.54, 1.807) is 11.8 Å². The molecule has 1 N–H and O–H groups in total. The van der Waals surface area contributed by atoms with Crippen molar-refractivity contribution in [3.05, 3.63) is 41.6 Å². The third kappa shape index (κ3) is 3.50. The zero-order valence-corrected chi connectivity index (χ0v) is 14.2. The highest BCUT2D eigenvalue weighted by Gasteiger charge is 2.22. The molecular formula is C18H26N4O. The van der Waals surface area contributed by atoms with E-state index >= 15 is 0 Å². The summed E-state index contributed by atoms with van der Waals surface area (Å²) in [7, 11) is 3.62. The number of benzene rings is 1. The summed E-state index contributed by atoms with van der Waals surface area (Å²) in [6.45, 7) is 6.14. The van der Waals surface area contributed by atoms with E-state index in [1.807, 2.05) is 14.0 Å². The van der Waals surface area contributed by atoms with Crippen molar-refractivity contribution in [1.29, 1.82) is 0 Å². The number of aromatic nitrogens is 2. The van der Waals surface area contributed by atoms with Crippen LogP contribution >= 0.6 is 0 Å². The standard InChI is InChI=1S/C18H26N4O/c1-14-17(18(23-3)21(2)20-14)12-19-11-15-9-10-22(13-15)16-7-5-4-6-8-16/h4-8,15,19H,9-13H2,1-3H3. The molecule has 1 atom stereocenters. The van der Waals surface area contributed by atoms with Crippen molar-refractivity contribution in [3.8, 4) is 5.88 Å². The number of nitrogens with zero attached hydrogens (tertiary/aromatic N) is 3. The lowest BCUT2D eigenvalue weighted by Crippen LogP contribution is -2.26. The summed E-state index contributed by atoms with van der Waals surface area (Å²) in [5.41, 5.74) is 3.53. The fraction of sp³-hybridized carbons (Fsp3) is 0.500. The van der Waals surface area contributed by atoms with Crippen LogP contribution in [0, 0.1) is 12.8 Å². The number of methoxy groups -OCH3 is 1. The first-order valence-electron chi connectivity index (χ1n) is 8.26. The first-order valence-corrected chi connectivity index (χ1v) is 8.26. The van der Waals surface area contributed by atoms with Crippen molar-refractivity contribution in [2.24, 2.45) is 13.0 Å². The summed E-state index contributed by atoms with van der Waals surface area (Å²) >= 11 is 0. The van der Waals surface area contributed by atoms with Crippen LogP contribution < -0.4 is 15.0 Å². The smallest absolute Gasteiger partial charge is 0.216 e. The van der Waals surface area contributed by atoms with Crippen molar-refractivity contribution >= 4 is 5.69 Å². The molecule has 1 aromatic carbocycles. The van der Waals surface area contributed by atoms with E-state index in [-0.39, 0.29) is 0 Å². The van der Waals surface area contributed by atoms with Crippen molar-refractivity contribution in [2.45, 2.75) is 19.9 Å². The molecule has 0 spiro atoms. The topological polar surface area (TPSA) is 42.3 Å². The molecule has 0 aliphatic carbocycles. The number of aryl methyl sites for hydroxylation is 2. The second-order valence-corrected chi connectivity index (χ2v) is 6.26. The quantitative estimate of drug-likeness (QED) is 0.889. The van der Waals surface area contributed by atoms with Gasteiger partial charge >= 0.3 is 0 Å². The third-order valence-electron chi connectivity index (χ3n) is 4.62. The van der Waals surface area contributed by atoms with Crippen LogP contribution in [0.2, 0.25) is 0 Å². The molecule has 1 aromatic heterocycles. The Labute approximate surface area is 138 Å². The lowest BCUT2D eigenvalue weighted by Gasteiger charge is -2.18. The first kappa shape index (κ1) is 15.9. The monoisotopic (exact) mass is 314 g/mol. The van der Waals surface area contributed by atoms with Gasteiger partial charge in [0.25, 0.3) is 0 Å². The van der Waals surface area contributed by atoms with E-state index < -0.39 is 0 Å². The Kier molecular flexibility index (Phi) is 4.86. The Morgan fingerprint density at radius 3 is 2.83 bits per heavy atom. The molecule has 1 saturated heterocycles. The molecule has 0 saturated carbocycles. The highest BCUT2D eigenvalue weighted by molar-refractivity contribution is 5.46. The van der Waals surface area contributed by atoms with Gasteiger partial charge in [0.05, 0.1) is 18.4 Å². The first-order chi connectivity index (χ1) is 11.2. The normalized spacial score (nSPS) is 17.7. The molecule has 2 aromatic rings. The van der Waals surface area contributed by atoms with Gasteiger partial charge in [0, 0.05) is 38.9 Å². The number of rotatable bonds is 6. The predicted octanol–water partition coefficient (Wildman–Crippen LogP) is 2.35. The molecule has 0 amide bonds. The van der Waals surface area contributed by atoms with E-state index in [0.717, 1.165) is 43.3 Å². The molecule has 5 nitrogen and oxygen atoms in total. The Morgan fingerprint density at radius 2 is 2.09 bits per heavy atom. The second kappa shape index (κ2) is 7.04. The van der Waals surface area contributed by atoms with E-state index in [0.29, 0.717) is 5.92 Å². The van der Waals surface area contributed by atoms with E-state index in [2.05, 4.69) is 45.6 Å². The predicted molar refractivity (Wildman–Crippen MR) is 93.0 cm³/mol. The van der Waals surface area contributed by atoms with Crippen LogP contribution in [0.3, 0.4) is 0 Å². The maximum Gasteiger partial charge on any atom is 0.216 e. The number of hydrogen-bond acceptors (Lipinski definition) is 4. The van der Waals surface area contributed by atoms with Crippen LogP contribution in [-0.4, -0.2) is 36.5 Å². The summed E-state index contributed by atoms with van der Waals surface area (Å²) in [6.07, 6.45) is 1.24. The highest BCUT2D eigenvalue weighted by atomic mass is 16.5. The van der Waals surface area contributed by atoms with E-state index in [9.17, 15) is 0 Å². The van der Waals surface area contributed by atoms with E-state index in [1.165, 1.54) is 12.1 Å². The van der Waals surface area contributed by atoms with E-state index in [4.69, 9.17) is 4.74 Å². The van der Waals surface area contributed by atoms with Gasteiger partial charge in [-0.3, -0.25) is 0 Å². The summed E-state index contributed by atoms with van der Waals surface area (Å²) in [5.74, 6) is 1.55. The fourth-order valence-corrected chi connectivity index (χ4v) is 3.41. The van der Waals surface area contributed by atoms with Gasteiger partial charge in [-0.25, -0.2) is 4.68 Å². The molecule has 1 unspecified atom stereocenters. The molecule has 124 valence electrons. The lowest BCUT2D eigenvalue weighted by atomic mass is 10.1. The minimum Gasteiger partial charge on any atom is -0.481 e. The van der Waals surface area contributed by atoms with Crippen molar-refractivity contribution in [1.82, 2.24) is 15.1 Å². The van der Waals surface area contributed by atoms with Gasteiger partial charge in [-0.1, -0.05) is 18.2 Å². The summed E-state index contributed by atoms with van der Waals surface area (Å²) in [5, 5.41) is 8.01. The van der Waals surface area contributed by atoms with Gasteiger partial charge in [0.1, 0.15) is 0 Å². The third-order valence-corrected chi connectivity index (χ3v) is 4.62. The Bertz CT molecular complexity index is 638. The Morgan fingerprint density at radius 1 is 1.30 bits per heavy atom. The zero-order chi connectivity index (χ0) is 16.2. The van der Waals surface area contributed by atoms with Crippen LogP contribution in [0.25, 0.3) is 0 Å². The summed E-state index contributed by atoms with van der Waals surface area (Å²) in [4.78, 5) is 2.47. The summed E-state index contributed by atoms with van der Waals surface area (Å²) < 4.78 is 7.25. The number of para-hydroxylation sites is 1. The SMILES string of the molecule is COc1c(CNCC2CCN(c3ccccc3)C2)c(C)nn1C. The second-order valence-electron chi connectivity index (χ2n) is 6.26. The number of hydrogen-bond donors (Lipinski definition) is 1. The maximum absolute atomic E-state index is 5.45. The molecule has 1 aliphatic heterocycles. The van der Waals surface area contributed by atoms with Crippen LogP contribution in [-0.2, 0) is 13.6 Å². The molecule has 1 fully saturated rings. The molecule has 3 rings (SSSR count). The number of ether oxygens (including phenoxy) is 1. The van der Waals surface area contributed by atoms with Gasteiger partial charge in [-0.15, -0.1) is 0 Å². The van der Waals surface area contributed by atoms with Crippen molar-refractivity contribution < 1.29 is 4.74 Å². The Balaban J connectivity index is 1.51. The summed E-state index contributed by atoms with van der Waals surface area (Å²) in [6, 6.07) is 10.7. The molecule has 2 heterocycles. The van der Waals surface area contributed by atoms with Crippen LogP contribution in [0.5, 0.6) is 5.88 Å².